The Kier molecular flexibility index (Phi) is 4.47. The average Bonchev–Trinajstić information content (AvgIpc) is 3.35. The van der Waals surface area contributed by atoms with Crippen molar-refractivity contribution < 1.29 is 9.84 Å². The van der Waals surface area contributed by atoms with Gasteiger partial charge in [0, 0.05) is 29.2 Å². The van der Waals surface area contributed by atoms with Crippen LogP contribution in [0.1, 0.15) is 31.2 Å². The smallest absolute Gasteiger partial charge is 0.116 e. The molecule has 24 heavy (non-hydrogen) atoms. The van der Waals surface area contributed by atoms with Crippen molar-refractivity contribution in [3.05, 3.63) is 39.5 Å². The molecule has 2 aromatic carbocycles. The Labute approximate surface area is 157 Å². The number of halogens is 1. The predicted molar refractivity (Wildman–Crippen MR) is 106 cm³/mol. The number of aromatic hydroxyl groups is 1. The van der Waals surface area contributed by atoms with E-state index in [9.17, 15) is 5.11 Å². The lowest BCUT2D eigenvalue weighted by atomic mass is 9.89. The third-order valence-corrected chi connectivity index (χ3v) is 6.56. The Balaban J connectivity index is 1.69. The maximum atomic E-state index is 10.2. The molecule has 1 heterocycles. The van der Waals surface area contributed by atoms with Crippen LogP contribution >= 0.6 is 22.6 Å². The number of likely N-dealkylation sites (tertiary alicyclic amines) is 1. The zero-order valence-corrected chi connectivity index (χ0v) is 16.3. The number of hydrogen-bond donors (Lipinski definition) is 1. The quantitative estimate of drug-likeness (QED) is 0.725. The second-order valence-electron chi connectivity index (χ2n) is 7.35. The van der Waals surface area contributed by atoms with Crippen LogP contribution in [0.3, 0.4) is 0 Å². The van der Waals surface area contributed by atoms with E-state index in [1.807, 2.05) is 19.2 Å². The number of phenols is 1. The summed E-state index contributed by atoms with van der Waals surface area (Å²) in [5.74, 6) is 0.388. The first-order valence-electron chi connectivity index (χ1n) is 8.78. The maximum Gasteiger partial charge on any atom is 0.116 e. The zero-order chi connectivity index (χ0) is 16.7. The monoisotopic (exact) mass is 437 g/mol. The zero-order valence-electron chi connectivity index (χ0n) is 14.1. The van der Waals surface area contributed by atoms with Crippen LogP contribution < -0.4 is 0 Å². The summed E-state index contributed by atoms with van der Waals surface area (Å²) in [6, 6.07) is 10.2. The number of benzene rings is 2. The first-order valence-corrected chi connectivity index (χ1v) is 9.86. The Bertz CT molecular complexity index is 757. The minimum Gasteiger partial charge on any atom is -0.508 e. The van der Waals surface area contributed by atoms with Gasteiger partial charge in [0.15, 0.2) is 0 Å². The van der Waals surface area contributed by atoms with Crippen LogP contribution in [0.4, 0.5) is 0 Å². The van der Waals surface area contributed by atoms with Crippen LogP contribution in [0.15, 0.2) is 30.3 Å². The standard InChI is InChI=1S/C20H24INO2/c1-24-16-5-3-9-22(12-16)13-20(7-8-20)17-11-15(23)10-14-4-2-6-18(21)19(14)17/h2,4,6,10-11,16,23H,3,5,7-9,12-13H2,1H3/t16-/m1/s1. The number of hydrogen-bond acceptors (Lipinski definition) is 3. The van der Waals surface area contributed by atoms with E-state index < -0.39 is 0 Å². The molecule has 0 bridgehead atoms. The van der Waals surface area contributed by atoms with Crippen molar-refractivity contribution >= 4 is 33.4 Å². The summed E-state index contributed by atoms with van der Waals surface area (Å²) in [7, 11) is 1.83. The van der Waals surface area contributed by atoms with Gasteiger partial charge >= 0.3 is 0 Å². The van der Waals surface area contributed by atoms with E-state index in [2.05, 4.69) is 45.7 Å². The number of nitrogens with zero attached hydrogens (tertiary/aromatic N) is 1. The highest BCUT2D eigenvalue weighted by Gasteiger charge is 2.47. The number of rotatable bonds is 4. The van der Waals surface area contributed by atoms with Gasteiger partial charge in [-0.2, -0.15) is 0 Å². The summed E-state index contributed by atoms with van der Waals surface area (Å²) in [5.41, 5.74) is 1.54. The lowest BCUT2D eigenvalue weighted by molar-refractivity contribution is 0.0282. The van der Waals surface area contributed by atoms with E-state index in [0.29, 0.717) is 11.9 Å². The molecule has 0 amide bonds. The lowest BCUT2D eigenvalue weighted by Gasteiger charge is -2.35. The highest BCUT2D eigenvalue weighted by Crippen LogP contribution is 2.52. The van der Waals surface area contributed by atoms with Crippen LogP contribution in [0.25, 0.3) is 10.8 Å². The van der Waals surface area contributed by atoms with Crippen LogP contribution in [-0.4, -0.2) is 42.9 Å². The van der Waals surface area contributed by atoms with Crippen LogP contribution in [0.2, 0.25) is 0 Å². The molecule has 4 rings (SSSR count). The van der Waals surface area contributed by atoms with Crippen LogP contribution in [0, 0.1) is 3.57 Å². The van der Waals surface area contributed by atoms with Crippen molar-refractivity contribution in [2.75, 3.05) is 26.7 Å². The fraction of sp³-hybridized carbons (Fsp3) is 0.500. The van der Waals surface area contributed by atoms with Gasteiger partial charge in [-0.05, 0) is 89.4 Å². The highest BCUT2D eigenvalue weighted by atomic mass is 127. The van der Waals surface area contributed by atoms with Gasteiger partial charge in [0.05, 0.1) is 6.10 Å². The van der Waals surface area contributed by atoms with E-state index in [-0.39, 0.29) is 5.41 Å². The minimum absolute atomic E-state index is 0.202. The second-order valence-corrected chi connectivity index (χ2v) is 8.51. The van der Waals surface area contributed by atoms with Crippen molar-refractivity contribution in [1.82, 2.24) is 4.90 Å². The summed E-state index contributed by atoms with van der Waals surface area (Å²) in [5, 5.41) is 12.7. The molecule has 1 aliphatic carbocycles. The Hall–Kier alpha value is -0.850. The Morgan fingerprint density at radius 3 is 2.92 bits per heavy atom. The topological polar surface area (TPSA) is 32.7 Å². The molecule has 2 aromatic rings. The van der Waals surface area contributed by atoms with Gasteiger partial charge in [0.1, 0.15) is 5.75 Å². The highest BCUT2D eigenvalue weighted by molar-refractivity contribution is 14.1. The fourth-order valence-corrected chi connectivity index (χ4v) is 5.03. The fourth-order valence-electron chi connectivity index (χ4n) is 4.23. The van der Waals surface area contributed by atoms with Crippen molar-refractivity contribution in [2.24, 2.45) is 0 Å². The molecule has 0 spiro atoms. The van der Waals surface area contributed by atoms with Gasteiger partial charge < -0.3 is 9.84 Å². The van der Waals surface area contributed by atoms with Gasteiger partial charge in [-0.25, -0.2) is 0 Å². The van der Waals surface area contributed by atoms with Gasteiger partial charge in [-0.15, -0.1) is 0 Å². The van der Waals surface area contributed by atoms with Crippen molar-refractivity contribution in [1.29, 1.82) is 0 Å². The molecule has 0 radical (unpaired) electrons. The molecule has 1 atom stereocenters. The Morgan fingerprint density at radius 1 is 1.33 bits per heavy atom. The van der Waals surface area contributed by atoms with Crippen molar-refractivity contribution in [2.45, 2.75) is 37.2 Å². The summed E-state index contributed by atoms with van der Waals surface area (Å²) < 4.78 is 6.87. The number of ether oxygens (including phenoxy) is 1. The summed E-state index contributed by atoms with van der Waals surface area (Å²) >= 11 is 2.43. The Morgan fingerprint density at radius 2 is 2.17 bits per heavy atom. The molecular weight excluding hydrogens is 413 g/mol. The SMILES string of the molecule is CO[C@@H]1CCCN(CC2(c3cc(O)cc4cccc(I)c34)CC2)C1. The first-order chi connectivity index (χ1) is 11.6. The summed E-state index contributed by atoms with van der Waals surface area (Å²) in [4.78, 5) is 2.57. The number of methoxy groups -OCH3 is 1. The average molecular weight is 437 g/mol. The van der Waals surface area contributed by atoms with Crippen molar-refractivity contribution in [3.63, 3.8) is 0 Å². The van der Waals surface area contributed by atoms with E-state index in [1.54, 1.807) is 0 Å². The van der Waals surface area contributed by atoms with Gasteiger partial charge in [-0.3, -0.25) is 4.90 Å². The summed E-state index contributed by atoms with van der Waals surface area (Å²) in [6.45, 7) is 3.28. The van der Waals surface area contributed by atoms with Crippen LogP contribution in [0.5, 0.6) is 5.75 Å². The van der Waals surface area contributed by atoms with E-state index >= 15 is 0 Å². The molecule has 2 fully saturated rings. The second kappa shape index (κ2) is 6.46. The molecule has 2 aliphatic rings. The minimum atomic E-state index is 0.202. The first kappa shape index (κ1) is 16.6. The lowest BCUT2D eigenvalue weighted by Crippen LogP contribution is -2.43. The van der Waals surface area contributed by atoms with E-state index in [4.69, 9.17) is 4.74 Å². The normalized spacial score (nSPS) is 23.5. The van der Waals surface area contributed by atoms with E-state index in [0.717, 1.165) is 25.0 Å². The predicted octanol–water partition coefficient (Wildman–Crippen LogP) is 4.29. The third kappa shape index (κ3) is 3.04. The van der Waals surface area contributed by atoms with Crippen molar-refractivity contribution in [3.8, 4) is 5.75 Å². The number of piperidine rings is 1. The van der Waals surface area contributed by atoms with Crippen LogP contribution in [-0.2, 0) is 10.2 Å². The molecule has 0 unspecified atom stereocenters. The summed E-state index contributed by atoms with van der Waals surface area (Å²) in [6.07, 6.45) is 5.19. The third-order valence-electron chi connectivity index (χ3n) is 5.66. The largest absolute Gasteiger partial charge is 0.508 e. The van der Waals surface area contributed by atoms with Gasteiger partial charge in [-0.1, -0.05) is 12.1 Å². The molecular formula is C20H24INO2. The van der Waals surface area contributed by atoms with Gasteiger partial charge in [0.25, 0.3) is 0 Å². The number of phenolic OH excluding ortho intramolecular Hbond substituents is 1. The molecule has 3 nitrogen and oxygen atoms in total. The molecule has 1 saturated carbocycles. The molecule has 1 aliphatic heterocycles. The molecule has 1 saturated heterocycles. The molecule has 1 N–H and O–H groups in total. The molecule has 0 aromatic heterocycles. The molecule has 128 valence electrons. The molecule has 4 heteroatoms. The van der Waals surface area contributed by atoms with E-state index in [1.165, 1.54) is 40.2 Å². The number of fused-ring (bicyclic) bond motifs is 1. The van der Waals surface area contributed by atoms with Gasteiger partial charge in [0.2, 0.25) is 0 Å². The maximum absolute atomic E-state index is 10.2.